The Kier molecular flexibility index (Phi) is 11.3. The molecule has 0 saturated heterocycles. The van der Waals surface area contributed by atoms with Gasteiger partial charge in [0, 0.05) is 13.5 Å². The van der Waals surface area contributed by atoms with Crippen LogP contribution in [0.1, 0.15) is 61.2 Å². The molecular weight excluding hydrogens is 594 g/mol. The summed E-state index contributed by atoms with van der Waals surface area (Å²) in [6.07, 6.45) is 0.364. The summed E-state index contributed by atoms with van der Waals surface area (Å²) in [6.45, 7) is 10.5. The van der Waals surface area contributed by atoms with E-state index in [1.54, 1.807) is 24.3 Å². The van der Waals surface area contributed by atoms with E-state index in [9.17, 15) is 9.59 Å². The van der Waals surface area contributed by atoms with E-state index in [1.807, 2.05) is 72.8 Å². The predicted octanol–water partition coefficient (Wildman–Crippen LogP) is 7.66. The molecule has 0 spiro atoms. The van der Waals surface area contributed by atoms with Gasteiger partial charge in [-0.1, -0.05) is 69.3 Å². The maximum absolute atomic E-state index is 12.7. The molecule has 5 rings (SSSR count). The van der Waals surface area contributed by atoms with E-state index in [0.29, 0.717) is 29.4 Å². The second-order valence-electron chi connectivity index (χ2n) is 11.1. The quantitative estimate of drug-likeness (QED) is 0.0794. The first kappa shape index (κ1) is 33.3. The molecule has 8 heteroatoms. The normalized spacial score (nSPS) is 13.1. The van der Waals surface area contributed by atoms with E-state index in [-0.39, 0.29) is 25.5 Å². The van der Waals surface area contributed by atoms with Crippen LogP contribution in [-0.2, 0) is 9.53 Å². The van der Waals surface area contributed by atoms with Gasteiger partial charge in [-0.3, -0.25) is 4.79 Å². The molecule has 0 aromatic heterocycles. The van der Waals surface area contributed by atoms with E-state index < -0.39 is 5.97 Å². The number of hydrogen-bond donors (Lipinski definition) is 0. The fraction of sp³-hybridized carbons (Fsp3) is 0.282. The lowest BCUT2D eigenvalue weighted by atomic mass is 9.88. The van der Waals surface area contributed by atoms with Crippen molar-refractivity contribution in [2.75, 3.05) is 33.0 Å². The average Bonchev–Trinajstić information content (AvgIpc) is 3.57. The van der Waals surface area contributed by atoms with Crippen LogP contribution < -0.4 is 18.9 Å². The fourth-order valence-corrected chi connectivity index (χ4v) is 5.59. The molecule has 0 fully saturated rings. The van der Waals surface area contributed by atoms with Crippen molar-refractivity contribution in [1.82, 2.24) is 4.90 Å². The second kappa shape index (κ2) is 16.0. The molecule has 47 heavy (non-hydrogen) atoms. The van der Waals surface area contributed by atoms with Crippen molar-refractivity contribution in [3.8, 4) is 23.0 Å². The number of esters is 2. The number of allylic oxidation sites excluding steroid dienone is 1. The van der Waals surface area contributed by atoms with Gasteiger partial charge >= 0.3 is 11.9 Å². The standard InChI is InChI=1S/C39H41NO7/c1-5-35(31-17-22-36-37(23-31)45-26-44-36)38(29-15-20-33(21-16-29)47-39(42)30-11-9-8-10-12-30)28-13-18-32(19-14-28)43-25-34(46-27(4)41)24-40(6-2)7-3/h8-23,34H,5-7,24-26H2,1-4H3/b38-35+. The zero-order valence-electron chi connectivity index (χ0n) is 27.4. The molecular formula is C39H41NO7. The van der Waals surface area contributed by atoms with Gasteiger partial charge in [0.15, 0.2) is 11.5 Å². The molecule has 1 aliphatic rings. The Labute approximate surface area is 276 Å². The van der Waals surface area contributed by atoms with Gasteiger partial charge in [-0.15, -0.1) is 0 Å². The van der Waals surface area contributed by atoms with Crippen LogP contribution in [0.15, 0.2) is 97.1 Å². The minimum atomic E-state index is -0.410. The van der Waals surface area contributed by atoms with E-state index in [4.69, 9.17) is 23.7 Å². The highest BCUT2D eigenvalue weighted by Gasteiger charge is 2.20. The molecule has 1 heterocycles. The van der Waals surface area contributed by atoms with Gasteiger partial charge in [-0.25, -0.2) is 4.79 Å². The third-order valence-corrected chi connectivity index (χ3v) is 8.01. The van der Waals surface area contributed by atoms with Crippen LogP contribution in [0.25, 0.3) is 11.1 Å². The van der Waals surface area contributed by atoms with Gasteiger partial charge in [0.1, 0.15) is 24.2 Å². The smallest absolute Gasteiger partial charge is 0.343 e. The molecule has 0 amide bonds. The van der Waals surface area contributed by atoms with E-state index in [0.717, 1.165) is 53.1 Å². The number of ether oxygens (including phenoxy) is 5. The van der Waals surface area contributed by atoms with Crippen LogP contribution in [0.3, 0.4) is 0 Å². The summed E-state index contributed by atoms with van der Waals surface area (Å²) < 4.78 is 28.6. The number of nitrogens with zero attached hydrogens (tertiary/aromatic N) is 1. The molecule has 0 bridgehead atoms. The summed E-state index contributed by atoms with van der Waals surface area (Å²) in [5.41, 5.74) is 5.59. The zero-order valence-corrected chi connectivity index (χ0v) is 27.4. The maximum Gasteiger partial charge on any atom is 0.343 e. The van der Waals surface area contributed by atoms with Crippen molar-refractivity contribution < 1.29 is 33.3 Å². The largest absolute Gasteiger partial charge is 0.490 e. The molecule has 1 aliphatic heterocycles. The third-order valence-electron chi connectivity index (χ3n) is 8.01. The van der Waals surface area contributed by atoms with E-state index >= 15 is 0 Å². The lowest BCUT2D eigenvalue weighted by Gasteiger charge is -2.25. The molecule has 1 atom stereocenters. The summed E-state index contributed by atoms with van der Waals surface area (Å²) in [5, 5.41) is 0. The van der Waals surface area contributed by atoms with Crippen molar-refractivity contribution in [3.63, 3.8) is 0 Å². The van der Waals surface area contributed by atoms with Gasteiger partial charge in [0.2, 0.25) is 6.79 Å². The Morgan fingerprint density at radius 1 is 0.745 bits per heavy atom. The van der Waals surface area contributed by atoms with Gasteiger partial charge in [-0.2, -0.15) is 0 Å². The number of hydrogen-bond acceptors (Lipinski definition) is 8. The highest BCUT2D eigenvalue weighted by molar-refractivity contribution is 5.99. The number of carbonyl (C=O) groups excluding carboxylic acids is 2. The Morgan fingerprint density at radius 3 is 1.98 bits per heavy atom. The van der Waals surface area contributed by atoms with Crippen LogP contribution in [0, 0.1) is 0 Å². The number of fused-ring (bicyclic) bond motifs is 1. The van der Waals surface area contributed by atoms with Crippen molar-refractivity contribution in [3.05, 3.63) is 119 Å². The van der Waals surface area contributed by atoms with Gasteiger partial charge in [0.25, 0.3) is 0 Å². The van der Waals surface area contributed by atoms with E-state index in [2.05, 4.69) is 25.7 Å². The summed E-state index contributed by atoms with van der Waals surface area (Å²) in [4.78, 5) is 26.6. The summed E-state index contributed by atoms with van der Waals surface area (Å²) >= 11 is 0. The molecule has 4 aromatic carbocycles. The van der Waals surface area contributed by atoms with Crippen LogP contribution in [0.4, 0.5) is 0 Å². The minimum Gasteiger partial charge on any atom is -0.490 e. The second-order valence-corrected chi connectivity index (χ2v) is 11.1. The molecule has 0 radical (unpaired) electrons. The minimum absolute atomic E-state index is 0.203. The fourth-order valence-electron chi connectivity index (χ4n) is 5.59. The molecule has 0 aliphatic carbocycles. The Bertz CT molecular complexity index is 1680. The first-order valence-corrected chi connectivity index (χ1v) is 16.0. The van der Waals surface area contributed by atoms with Crippen molar-refractivity contribution in [1.29, 1.82) is 0 Å². The highest BCUT2D eigenvalue weighted by atomic mass is 16.7. The van der Waals surface area contributed by atoms with Crippen LogP contribution in [0.5, 0.6) is 23.0 Å². The van der Waals surface area contributed by atoms with Gasteiger partial charge < -0.3 is 28.6 Å². The zero-order chi connectivity index (χ0) is 33.2. The van der Waals surface area contributed by atoms with Gasteiger partial charge in [0.05, 0.1) is 5.56 Å². The summed E-state index contributed by atoms with van der Waals surface area (Å²) in [6, 6.07) is 30.4. The Hall–Kier alpha value is -5.08. The average molecular weight is 636 g/mol. The number of benzene rings is 4. The van der Waals surface area contributed by atoms with Crippen molar-refractivity contribution in [2.24, 2.45) is 0 Å². The van der Waals surface area contributed by atoms with Crippen molar-refractivity contribution >= 4 is 23.1 Å². The maximum atomic E-state index is 12.7. The molecule has 244 valence electrons. The van der Waals surface area contributed by atoms with Crippen LogP contribution in [-0.4, -0.2) is 56.0 Å². The Morgan fingerprint density at radius 2 is 1.36 bits per heavy atom. The van der Waals surface area contributed by atoms with E-state index in [1.165, 1.54) is 6.92 Å². The number of rotatable bonds is 14. The lowest BCUT2D eigenvalue weighted by Crippen LogP contribution is -2.38. The van der Waals surface area contributed by atoms with Crippen LogP contribution in [0.2, 0.25) is 0 Å². The van der Waals surface area contributed by atoms with Crippen molar-refractivity contribution in [2.45, 2.75) is 40.2 Å². The SMILES string of the molecule is CC/C(=C(/c1ccc(OCC(CN(CC)CC)OC(C)=O)cc1)c1ccc(OC(=O)c2ccccc2)cc1)c1ccc2c(c1)OCO2. The molecule has 4 aromatic rings. The summed E-state index contributed by atoms with van der Waals surface area (Å²) in [5.74, 6) is 1.84. The summed E-state index contributed by atoms with van der Waals surface area (Å²) in [7, 11) is 0. The molecule has 1 unspecified atom stereocenters. The predicted molar refractivity (Wildman–Crippen MR) is 182 cm³/mol. The highest BCUT2D eigenvalue weighted by Crippen LogP contribution is 2.40. The lowest BCUT2D eigenvalue weighted by molar-refractivity contribution is -0.148. The molecule has 8 nitrogen and oxygen atoms in total. The molecule has 0 N–H and O–H groups in total. The first-order chi connectivity index (χ1) is 22.9. The Balaban J connectivity index is 1.44. The topological polar surface area (TPSA) is 83.5 Å². The first-order valence-electron chi connectivity index (χ1n) is 16.0. The third kappa shape index (κ3) is 8.60. The molecule has 0 saturated carbocycles. The monoisotopic (exact) mass is 635 g/mol. The number of carbonyl (C=O) groups is 2. The van der Waals surface area contributed by atoms with Crippen LogP contribution >= 0.6 is 0 Å². The number of likely N-dealkylation sites (N-methyl/N-ethyl adjacent to an activating group) is 1. The van der Waals surface area contributed by atoms with Gasteiger partial charge in [-0.05, 0) is 95.9 Å².